The van der Waals surface area contributed by atoms with Crippen molar-refractivity contribution in [2.24, 2.45) is 5.92 Å². The van der Waals surface area contributed by atoms with Gasteiger partial charge in [0, 0.05) is 6.04 Å². The fourth-order valence-corrected chi connectivity index (χ4v) is 2.15. The first kappa shape index (κ1) is 13.3. The van der Waals surface area contributed by atoms with Crippen LogP contribution in [0.2, 0.25) is 0 Å². The lowest BCUT2D eigenvalue weighted by Gasteiger charge is -2.21. The summed E-state index contributed by atoms with van der Waals surface area (Å²) in [6.07, 6.45) is 3.01. The van der Waals surface area contributed by atoms with E-state index in [4.69, 9.17) is 4.74 Å². The summed E-state index contributed by atoms with van der Waals surface area (Å²) in [5.41, 5.74) is -0.410. The molecule has 1 saturated carbocycles. The van der Waals surface area contributed by atoms with E-state index in [1.54, 1.807) is 0 Å². The zero-order valence-corrected chi connectivity index (χ0v) is 10.8. The SMILES string of the molecule is CNC[C@@H]1CC[C@@H](NC(=O)OC(C)(C)C)C1. The van der Waals surface area contributed by atoms with Gasteiger partial charge in [-0.1, -0.05) is 0 Å². The smallest absolute Gasteiger partial charge is 0.407 e. The Labute approximate surface area is 98.1 Å². The molecule has 0 aromatic heterocycles. The monoisotopic (exact) mass is 228 g/mol. The van der Waals surface area contributed by atoms with Crippen molar-refractivity contribution in [3.63, 3.8) is 0 Å². The lowest BCUT2D eigenvalue weighted by Crippen LogP contribution is -2.38. The minimum Gasteiger partial charge on any atom is -0.444 e. The Morgan fingerprint density at radius 2 is 2.06 bits per heavy atom. The minimum atomic E-state index is -0.410. The number of alkyl carbamates (subject to hydrolysis) is 1. The highest BCUT2D eigenvalue weighted by Crippen LogP contribution is 2.25. The van der Waals surface area contributed by atoms with E-state index in [0.29, 0.717) is 5.92 Å². The molecule has 2 N–H and O–H groups in total. The van der Waals surface area contributed by atoms with Crippen LogP contribution in [0.25, 0.3) is 0 Å². The Hall–Kier alpha value is -0.770. The van der Waals surface area contributed by atoms with Crippen molar-refractivity contribution in [1.29, 1.82) is 0 Å². The van der Waals surface area contributed by atoms with Crippen molar-refractivity contribution in [2.45, 2.75) is 51.7 Å². The molecule has 2 atom stereocenters. The van der Waals surface area contributed by atoms with Crippen LogP contribution in [-0.4, -0.2) is 31.3 Å². The summed E-state index contributed by atoms with van der Waals surface area (Å²) in [4.78, 5) is 11.5. The van der Waals surface area contributed by atoms with E-state index in [1.807, 2.05) is 27.8 Å². The predicted molar refractivity (Wildman–Crippen MR) is 64.4 cm³/mol. The second-order valence-electron chi connectivity index (χ2n) is 5.58. The van der Waals surface area contributed by atoms with Crippen molar-refractivity contribution < 1.29 is 9.53 Å². The third-order valence-corrected chi connectivity index (χ3v) is 2.75. The van der Waals surface area contributed by atoms with Crippen molar-refractivity contribution in [3.05, 3.63) is 0 Å². The number of hydrogen-bond donors (Lipinski definition) is 2. The molecule has 0 radical (unpaired) electrons. The van der Waals surface area contributed by atoms with E-state index in [-0.39, 0.29) is 12.1 Å². The van der Waals surface area contributed by atoms with Gasteiger partial charge in [0.05, 0.1) is 0 Å². The normalized spacial score (nSPS) is 25.5. The molecule has 4 heteroatoms. The molecule has 0 aromatic carbocycles. The van der Waals surface area contributed by atoms with Crippen LogP contribution < -0.4 is 10.6 Å². The Balaban J connectivity index is 2.26. The van der Waals surface area contributed by atoms with E-state index in [0.717, 1.165) is 19.4 Å². The van der Waals surface area contributed by atoms with Gasteiger partial charge in [-0.3, -0.25) is 0 Å². The van der Waals surface area contributed by atoms with E-state index < -0.39 is 5.60 Å². The van der Waals surface area contributed by atoms with Crippen molar-refractivity contribution in [1.82, 2.24) is 10.6 Å². The highest BCUT2D eigenvalue weighted by atomic mass is 16.6. The molecular formula is C12H24N2O2. The van der Waals surface area contributed by atoms with Crippen LogP contribution in [0, 0.1) is 5.92 Å². The minimum absolute atomic E-state index is 0.285. The van der Waals surface area contributed by atoms with Gasteiger partial charge in [0.1, 0.15) is 5.60 Å². The van der Waals surface area contributed by atoms with Gasteiger partial charge >= 0.3 is 6.09 Å². The van der Waals surface area contributed by atoms with Crippen LogP contribution in [0.1, 0.15) is 40.0 Å². The summed E-state index contributed by atoms with van der Waals surface area (Å²) < 4.78 is 5.23. The molecule has 1 amide bonds. The van der Waals surface area contributed by atoms with E-state index >= 15 is 0 Å². The Morgan fingerprint density at radius 1 is 1.38 bits per heavy atom. The molecule has 16 heavy (non-hydrogen) atoms. The molecule has 1 rings (SSSR count). The molecule has 94 valence electrons. The van der Waals surface area contributed by atoms with Gasteiger partial charge in [0.25, 0.3) is 0 Å². The number of amides is 1. The summed E-state index contributed by atoms with van der Waals surface area (Å²) in [5, 5.41) is 6.11. The summed E-state index contributed by atoms with van der Waals surface area (Å²) in [6.45, 7) is 6.67. The standard InChI is InChI=1S/C12H24N2O2/c1-12(2,3)16-11(15)14-10-6-5-9(7-10)8-13-4/h9-10,13H,5-8H2,1-4H3,(H,14,15)/t9-,10-/m1/s1. The zero-order valence-electron chi connectivity index (χ0n) is 10.8. The maximum absolute atomic E-state index is 11.5. The number of carbonyl (C=O) groups is 1. The van der Waals surface area contributed by atoms with Gasteiger partial charge in [-0.05, 0) is 59.5 Å². The summed E-state index contributed by atoms with van der Waals surface area (Å²) >= 11 is 0. The van der Waals surface area contributed by atoms with Crippen molar-refractivity contribution in [3.8, 4) is 0 Å². The Bertz CT molecular complexity index is 236. The van der Waals surface area contributed by atoms with Gasteiger partial charge < -0.3 is 15.4 Å². The van der Waals surface area contributed by atoms with Crippen LogP contribution in [0.15, 0.2) is 0 Å². The lowest BCUT2D eigenvalue weighted by atomic mass is 10.1. The Morgan fingerprint density at radius 3 is 2.62 bits per heavy atom. The van der Waals surface area contributed by atoms with Crippen LogP contribution in [-0.2, 0) is 4.74 Å². The summed E-state index contributed by atoms with van der Waals surface area (Å²) in [6, 6.07) is 0.285. The topological polar surface area (TPSA) is 50.4 Å². The first-order valence-electron chi connectivity index (χ1n) is 6.05. The quantitative estimate of drug-likeness (QED) is 0.775. The third-order valence-electron chi connectivity index (χ3n) is 2.75. The largest absolute Gasteiger partial charge is 0.444 e. The molecule has 0 heterocycles. The maximum Gasteiger partial charge on any atom is 0.407 e. The van der Waals surface area contributed by atoms with Gasteiger partial charge in [-0.2, -0.15) is 0 Å². The molecule has 4 nitrogen and oxygen atoms in total. The summed E-state index contributed by atoms with van der Waals surface area (Å²) in [7, 11) is 1.97. The van der Waals surface area contributed by atoms with Crippen LogP contribution in [0.5, 0.6) is 0 Å². The van der Waals surface area contributed by atoms with Crippen LogP contribution in [0.4, 0.5) is 4.79 Å². The first-order valence-corrected chi connectivity index (χ1v) is 6.05. The lowest BCUT2D eigenvalue weighted by molar-refractivity contribution is 0.0504. The highest BCUT2D eigenvalue weighted by molar-refractivity contribution is 5.68. The number of hydrogen-bond acceptors (Lipinski definition) is 3. The van der Waals surface area contributed by atoms with Crippen molar-refractivity contribution in [2.75, 3.05) is 13.6 Å². The summed E-state index contributed by atoms with van der Waals surface area (Å²) in [5.74, 6) is 0.685. The van der Waals surface area contributed by atoms with Crippen LogP contribution in [0.3, 0.4) is 0 Å². The number of nitrogens with one attached hydrogen (secondary N) is 2. The molecule has 0 spiro atoms. The number of carbonyl (C=O) groups excluding carboxylic acids is 1. The van der Waals surface area contributed by atoms with Gasteiger partial charge in [-0.25, -0.2) is 4.79 Å². The molecular weight excluding hydrogens is 204 g/mol. The third kappa shape index (κ3) is 4.84. The zero-order chi connectivity index (χ0) is 12.2. The molecule has 0 saturated heterocycles. The van der Waals surface area contributed by atoms with Gasteiger partial charge in [-0.15, -0.1) is 0 Å². The van der Waals surface area contributed by atoms with Gasteiger partial charge in [0.15, 0.2) is 0 Å². The van der Waals surface area contributed by atoms with Gasteiger partial charge in [0.2, 0.25) is 0 Å². The van der Waals surface area contributed by atoms with E-state index in [1.165, 1.54) is 6.42 Å². The molecule has 1 fully saturated rings. The molecule has 1 aliphatic carbocycles. The molecule has 0 aliphatic heterocycles. The van der Waals surface area contributed by atoms with Crippen molar-refractivity contribution >= 4 is 6.09 Å². The molecule has 0 aromatic rings. The molecule has 0 bridgehead atoms. The highest BCUT2D eigenvalue weighted by Gasteiger charge is 2.26. The Kier molecular flexibility index (Phi) is 4.59. The fourth-order valence-electron chi connectivity index (χ4n) is 2.15. The molecule has 1 aliphatic rings. The van der Waals surface area contributed by atoms with Crippen LogP contribution >= 0.6 is 0 Å². The van der Waals surface area contributed by atoms with E-state index in [9.17, 15) is 4.79 Å². The fraction of sp³-hybridized carbons (Fsp3) is 0.917. The number of ether oxygens (including phenoxy) is 1. The second kappa shape index (κ2) is 5.53. The second-order valence-corrected chi connectivity index (χ2v) is 5.58. The maximum atomic E-state index is 11.5. The molecule has 0 unspecified atom stereocenters. The average molecular weight is 228 g/mol. The number of rotatable bonds is 3. The average Bonchev–Trinajstić information content (AvgIpc) is 2.49. The van der Waals surface area contributed by atoms with E-state index in [2.05, 4.69) is 10.6 Å². The predicted octanol–water partition coefficient (Wildman–Crippen LogP) is 1.90. The first-order chi connectivity index (χ1) is 7.40.